The van der Waals surface area contributed by atoms with E-state index in [1.807, 2.05) is 24.7 Å². The molecule has 4 nitrogen and oxygen atoms in total. The molecule has 58 valence electrons. The van der Waals surface area contributed by atoms with Crippen molar-refractivity contribution in [3.8, 4) is 0 Å². The van der Waals surface area contributed by atoms with Crippen molar-refractivity contribution in [2.75, 3.05) is 6.67 Å². The van der Waals surface area contributed by atoms with Crippen LogP contribution in [0.4, 0.5) is 0 Å². The first-order valence-corrected chi connectivity index (χ1v) is 3.56. The number of rotatable bonds is 0. The molecule has 0 saturated heterocycles. The van der Waals surface area contributed by atoms with Gasteiger partial charge in [-0.05, 0) is 6.92 Å². The third kappa shape index (κ3) is 0.824. The first-order valence-electron chi connectivity index (χ1n) is 3.56. The van der Waals surface area contributed by atoms with Crippen molar-refractivity contribution in [2.45, 2.75) is 6.92 Å². The summed E-state index contributed by atoms with van der Waals surface area (Å²) in [5.41, 5.74) is 0.851. The van der Waals surface area contributed by atoms with Crippen LogP contribution in [-0.2, 0) is 7.05 Å². The summed E-state index contributed by atoms with van der Waals surface area (Å²) in [6.45, 7) is 2.62. The molecule has 1 aromatic rings. The third-order valence-electron chi connectivity index (χ3n) is 1.90. The summed E-state index contributed by atoms with van der Waals surface area (Å²) in [5, 5.41) is 4.11. The van der Waals surface area contributed by atoms with Crippen molar-refractivity contribution in [3.05, 3.63) is 16.7 Å². The van der Waals surface area contributed by atoms with E-state index in [1.165, 1.54) is 0 Å². The molecule has 0 bridgehead atoms. The summed E-state index contributed by atoms with van der Waals surface area (Å²) in [7, 11) is 1.99. The lowest BCUT2D eigenvalue weighted by atomic mass is 10.6. The number of nitrogens with one attached hydrogen (secondary N) is 1. The second kappa shape index (κ2) is 2.08. The molecular formula is C7H10N4. The Kier molecular flexibility index (Phi) is 1.21. The van der Waals surface area contributed by atoms with E-state index in [0.717, 1.165) is 16.7 Å². The highest BCUT2D eigenvalue weighted by Gasteiger charge is 2.01. The van der Waals surface area contributed by atoms with Gasteiger partial charge in [-0.1, -0.05) is 0 Å². The predicted molar refractivity (Wildman–Crippen MR) is 41.2 cm³/mol. The minimum atomic E-state index is 0.642. The number of hydrogen-bond donors (Lipinski definition) is 1. The Morgan fingerprint density at radius 1 is 1.64 bits per heavy atom. The van der Waals surface area contributed by atoms with Gasteiger partial charge in [0.05, 0.1) is 0 Å². The highest BCUT2D eigenvalue weighted by atomic mass is 15.1. The quantitative estimate of drug-likeness (QED) is 0.496. The van der Waals surface area contributed by atoms with Gasteiger partial charge in [0, 0.05) is 13.2 Å². The fourth-order valence-corrected chi connectivity index (χ4v) is 1.15. The Labute approximate surface area is 64.3 Å². The topological polar surface area (TPSA) is 42.2 Å². The maximum Gasteiger partial charge on any atom is 0.176 e. The van der Waals surface area contributed by atoms with E-state index in [9.17, 15) is 0 Å². The summed E-state index contributed by atoms with van der Waals surface area (Å²) in [6.07, 6.45) is 1.95. The number of hydrogen-bond acceptors (Lipinski definition) is 3. The summed E-state index contributed by atoms with van der Waals surface area (Å²) < 4.78 is 2.02. The molecule has 4 heteroatoms. The second-order valence-corrected chi connectivity index (χ2v) is 2.59. The Morgan fingerprint density at radius 3 is 3.18 bits per heavy atom. The van der Waals surface area contributed by atoms with Crippen molar-refractivity contribution in [3.63, 3.8) is 0 Å². The van der Waals surface area contributed by atoms with Crippen LogP contribution in [0.5, 0.6) is 0 Å². The first kappa shape index (κ1) is 6.39. The lowest BCUT2D eigenvalue weighted by molar-refractivity contribution is 0.800. The van der Waals surface area contributed by atoms with Crippen molar-refractivity contribution < 1.29 is 0 Å². The molecule has 0 saturated carbocycles. The van der Waals surface area contributed by atoms with E-state index in [-0.39, 0.29) is 0 Å². The highest BCUT2D eigenvalue weighted by molar-refractivity contribution is 5.17. The summed E-state index contributed by atoms with van der Waals surface area (Å²) in [4.78, 5) is 8.48. The SMILES string of the molecule is Cc1nc2c(n1C)=CNCN=2. The lowest BCUT2D eigenvalue weighted by Crippen LogP contribution is -2.36. The maximum absolute atomic E-state index is 4.28. The largest absolute Gasteiger partial charge is 0.370 e. The van der Waals surface area contributed by atoms with Crippen LogP contribution >= 0.6 is 0 Å². The van der Waals surface area contributed by atoms with Crippen LogP contribution in [0.25, 0.3) is 6.20 Å². The van der Waals surface area contributed by atoms with Gasteiger partial charge in [0.25, 0.3) is 0 Å². The summed E-state index contributed by atoms with van der Waals surface area (Å²) in [6, 6.07) is 0. The Bertz CT molecular complexity index is 387. The number of nitrogens with zero attached hydrogens (tertiary/aromatic N) is 3. The summed E-state index contributed by atoms with van der Waals surface area (Å²) in [5.74, 6) is 0.999. The van der Waals surface area contributed by atoms with Crippen molar-refractivity contribution in [1.82, 2.24) is 14.9 Å². The molecule has 11 heavy (non-hydrogen) atoms. The van der Waals surface area contributed by atoms with E-state index < -0.39 is 0 Å². The zero-order chi connectivity index (χ0) is 7.84. The molecule has 0 unspecified atom stereocenters. The maximum atomic E-state index is 4.28. The van der Waals surface area contributed by atoms with Gasteiger partial charge in [-0.15, -0.1) is 0 Å². The van der Waals surface area contributed by atoms with E-state index in [0.29, 0.717) is 6.67 Å². The molecule has 1 aliphatic rings. The first-order chi connectivity index (χ1) is 5.29. The molecule has 0 amide bonds. The van der Waals surface area contributed by atoms with Gasteiger partial charge >= 0.3 is 0 Å². The highest BCUT2D eigenvalue weighted by Crippen LogP contribution is 1.80. The van der Waals surface area contributed by atoms with Gasteiger partial charge in [-0.2, -0.15) is 0 Å². The van der Waals surface area contributed by atoms with Gasteiger partial charge in [0.1, 0.15) is 17.8 Å². The van der Waals surface area contributed by atoms with E-state index in [2.05, 4.69) is 15.3 Å². The van der Waals surface area contributed by atoms with E-state index in [4.69, 9.17) is 0 Å². The van der Waals surface area contributed by atoms with Crippen molar-refractivity contribution in [1.29, 1.82) is 0 Å². The lowest BCUT2D eigenvalue weighted by Gasteiger charge is -1.98. The number of aromatic nitrogens is 2. The second-order valence-electron chi connectivity index (χ2n) is 2.59. The minimum Gasteiger partial charge on any atom is -0.370 e. The van der Waals surface area contributed by atoms with Crippen LogP contribution < -0.4 is 16.2 Å². The van der Waals surface area contributed by atoms with E-state index in [1.54, 1.807) is 0 Å². The van der Waals surface area contributed by atoms with Gasteiger partial charge in [-0.3, -0.25) is 0 Å². The number of fused-ring (bicyclic) bond motifs is 1. The fraction of sp³-hybridized carbons (Fsp3) is 0.429. The van der Waals surface area contributed by atoms with Gasteiger partial charge in [0.15, 0.2) is 5.49 Å². The molecule has 0 radical (unpaired) electrons. The summed E-state index contributed by atoms with van der Waals surface area (Å²) >= 11 is 0. The molecular weight excluding hydrogens is 140 g/mol. The van der Waals surface area contributed by atoms with Crippen LogP contribution in [0.1, 0.15) is 5.82 Å². The van der Waals surface area contributed by atoms with Crippen LogP contribution in [-0.4, -0.2) is 16.2 Å². The molecule has 1 aromatic heterocycles. The van der Waals surface area contributed by atoms with Crippen LogP contribution in [0.3, 0.4) is 0 Å². The Balaban J connectivity index is 2.89. The Hall–Kier alpha value is -1.32. The molecule has 0 aromatic carbocycles. The smallest absolute Gasteiger partial charge is 0.176 e. The number of imidazole rings is 1. The monoisotopic (exact) mass is 150 g/mol. The molecule has 1 N–H and O–H groups in total. The molecule has 2 rings (SSSR count). The third-order valence-corrected chi connectivity index (χ3v) is 1.90. The molecule has 0 aliphatic carbocycles. The molecule has 1 aliphatic heterocycles. The molecule has 2 heterocycles. The average molecular weight is 150 g/mol. The van der Waals surface area contributed by atoms with Crippen molar-refractivity contribution >= 4 is 6.20 Å². The van der Waals surface area contributed by atoms with Gasteiger partial charge < -0.3 is 9.88 Å². The standard InChI is InChI=1S/C7H10N4/c1-5-10-7-6(11(5)2)3-8-4-9-7/h3,8H,4H2,1-2H3. The normalized spacial score (nSPS) is 14.4. The fourth-order valence-electron chi connectivity index (χ4n) is 1.15. The zero-order valence-corrected chi connectivity index (χ0v) is 6.63. The van der Waals surface area contributed by atoms with E-state index >= 15 is 0 Å². The van der Waals surface area contributed by atoms with Gasteiger partial charge in [-0.25, -0.2) is 9.98 Å². The molecule has 0 atom stereocenters. The Morgan fingerprint density at radius 2 is 2.45 bits per heavy atom. The molecule has 0 spiro atoms. The minimum absolute atomic E-state index is 0.642. The van der Waals surface area contributed by atoms with Crippen LogP contribution in [0, 0.1) is 6.92 Å². The average Bonchev–Trinajstić information content (AvgIpc) is 2.30. The number of aryl methyl sites for hydroxylation is 1. The zero-order valence-electron chi connectivity index (χ0n) is 6.63. The predicted octanol–water partition coefficient (Wildman–Crippen LogP) is -1.35. The molecule has 0 fully saturated rings. The van der Waals surface area contributed by atoms with Crippen molar-refractivity contribution in [2.24, 2.45) is 12.0 Å². The van der Waals surface area contributed by atoms with Crippen LogP contribution in [0.15, 0.2) is 4.99 Å². The van der Waals surface area contributed by atoms with Gasteiger partial charge in [0.2, 0.25) is 0 Å². The van der Waals surface area contributed by atoms with Crippen LogP contribution in [0.2, 0.25) is 0 Å².